The smallest absolute Gasteiger partial charge is 0.338 e. The van der Waals surface area contributed by atoms with Crippen molar-refractivity contribution < 1.29 is 19.1 Å². The van der Waals surface area contributed by atoms with Crippen LogP contribution in [0.25, 0.3) is 0 Å². The average Bonchev–Trinajstić information content (AvgIpc) is 2.58. The zero-order valence-electron chi connectivity index (χ0n) is 18.7. The Kier molecular flexibility index (Phi) is 9.84. The van der Waals surface area contributed by atoms with Crippen LogP contribution in [0.4, 0.5) is 0 Å². The number of benzene rings is 1. The van der Waals surface area contributed by atoms with Gasteiger partial charge in [-0.2, -0.15) is 0 Å². The van der Waals surface area contributed by atoms with Gasteiger partial charge in [0.2, 0.25) is 0 Å². The molecule has 0 aromatic heterocycles. The Labute approximate surface area is 172 Å². The number of hydrogen-bond acceptors (Lipinski definition) is 5. The maximum absolute atomic E-state index is 11.9. The van der Waals surface area contributed by atoms with Gasteiger partial charge in [-0.1, -0.05) is 32.9 Å². The lowest BCUT2D eigenvalue weighted by Crippen LogP contribution is -2.45. The molecule has 0 fully saturated rings. The topological polar surface area (TPSA) is 67.8 Å². The number of rotatable bonds is 11. The third kappa shape index (κ3) is 8.43. The van der Waals surface area contributed by atoms with E-state index in [4.69, 9.17) is 9.16 Å². The Morgan fingerprint density at radius 3 is 2.29 bits per heavy atom. The predicted octanol–water partition coefficient (Wildman–Crippen LogP) is 4.16. The molecule has 0 spiro atoms. The minimum absolute atomic E-state index is 0.117. The summed E-state index contributed by atoms with van der Waals surface area (Å²) in [5, 5.41) is 13.0. The van der Waals surface area contributed by atoms with E-state index in [-0.39, 0.29) is 29.8 Å². The molecule has 1 atom stereocenters. The highest BCUT2D eigenvalue weighted by Gasteiger charge is 2.37. The van der Waals surface area contributed by atoms with Gasteiger partial charge in [-0.25, -0.2) is 4.79 Å². The van der Waals surface area contributed by atoms with Crippen LogP contribution in [0.15, 0.2) is 24.3 Å². The van der Waals surface area contributed by atoms with Crippen molar-refractivity contribution in [2.45, 2.75) is 77.7 Å². The molecule has 1 aromatic rings. The summed E-state index contributed by atoms with van der Waals surface area (Å²) >= 11 is 0. The molecule has 28 heavy (non-hydrogen) atoms. The van der Waals surface area contributed by atoms with Crippen LogP contribution in [0.5, 0.6) is 0 Å². The van der Waals surface area contributed by atoms with E-state index in [0.717, 1.165) is 18.5 Å². The molecule has 0 saturated heterocycles. The lowest BCUT2D eigenvalue weighted by molar-refractivity contribution is 0.0378. The van der Waals surface area contributed by atoms with Gasteiger partial charge in [0, 0.05) is 19.3 Å². The zero-order valence-corrected chi connectivity index (χ0v) is 19.7. The Morgan fingerprint density at radius 2 is 1.79 bits per heavy atom. The summed E-state index contributed by atoms with van der Waals surface area (Å²) in [6, 6.07) is 7.69. The first-order valence-corrected chi connectivity index (χ1v) is 13.1. The highest BCUT2D eigenvalue weighted by Crippen LogP contribution is 2.36. The molecule has 0 aliphatic rings. The third-order valence-electron chi connectivity index (χ3n) is 5.31. The van der Waals surface area contributed by atoms with E-state index in [9.17, 15) is 9.90 Å². The molecule has 0 aliphatic heterocycles. The lowest BCUT2D eigenvalue weighted by atomic mass is 10.1. The number of esters is 1. The average molecular weight is 410 g/mol. The van der Waals surface area contributed by atoms with Crippen molar-refractivity contribution in [2.75, 3.05) is 19.8 Å². The Bertz CT molecular complexity index is 594. The fourth-order valence-electron chi connectivity index (χ4n) is 2.44. The minimum Gasteiger partial charge on any atom is -0.459 e. The van der Waals surface area contributed by atoms with Crippen molar-refractivity contribution >= 4 is 14.3 Å². The van der Waals surface area contributed by atoms with Crippen LogP contribution in [-0.2, 0) is 15.6 Å². The van der Waals surface area contributed by atoms with Gasteiger partial charge in [0.15, 0.2) is 8.32 Å². The number of aliphatic hydroxyl groups is 1. The van der Waals surface area contributed by atoms with E-state index in [2.05, 4.69) is 39.2 Å². The van der Waals surface area contributed by atoms with Crippen LogP contribution in [-0.4, -0.2) is 51.3 Å². The number of nitrogens with one attached hydrogen (secondary N) is 1. The van der Waals surface area contributed by atoms with Crippen LogP contribution < -0.4 is 5.32 Å². The highest BCUT2D eigenvalue weighted by atomic mass is 28.4. The van der Waals surface area contributed by atoms with Gasteiger partial charge in [0.05, 0.1) is 11.7 Å². The molecule has 1 rings (SSSR count). The zero-order chi connectivity index (χ0) is 21.4. The maximum atomic E-state index is 11.9. The fraction of sp³-hybridized carbons (Fsp3) is 0.682. The predicted molar refractivity (Wildman–Crippen MR) is 117 cm³/mol. The second kappa shape index (κ2) is 11.1. The maximum Gasteiger partial charge on any atom is 0.338 e. The number of hydrogen-bond donors (Lipinski definition) is 2. The molecule has 0 amide bonds. The summed E-state index contributed by atoms with van der Waals surface area (Å²) in [4.78, 5) is 11.9. The molecule has 0 heterocycles. The van der Waals surface area contributed by atoms with Crippen molar-refractivity contribution in [2.24, 2.45) is 0 Å². The van der Waals surface area contributed by atoms with Crippen LogP contribution in [0, 0.1) is 0 Å². The largest absolute Gasteiger partial charge is 0.459 e. The van der Waals surface area contributed by atoms with Gasteiger partial charge in [0.1, 0.15) is 0 Å². The second-order valence-electron chi connectivity index (χ2n) is 9.14. The summed E-state index contributed by atoms with van der Waals surface area (Å²) in [6.07, 6.45) is 1.41. The van der Waals surface area contributed by atoms with Gasteiger partial charge in [-0.15, -0.1) is 0 Å². The highest BCUT2D eigenvalue weighted by molar-refractivity contribution is 6.74. The molecule has 0 radical (unpaired) electrons. The third-order valence-corrected chi connectivity index (χ3v) is 9.81. The van der Waals surface area contributed by atoms with E-state index in [1.807, 2.05) is 38.1 Å². The van der Waals surface area contributed by atoms with E-state index in [1.165, 1.54) is 0 Å². The van der Waals surface area contributed by atoms with Crippen molar-refractivity contribution in [1.29, 1.82) is 0 Å². The number of aliphatic hydroxyl groups excluding tert-OH is 1. The van der Waals surface area contributed by atoms with Crippen LogP contribution >= 0.6 is 0 Å². The number of carbonyl (C=O) groups excluding carboxylic acids is 1. The first-order chi connectivity index (χ1) is 13.0. The first-order valence-electron chi connectivity index (χ1n) is 10.2. The monoisotopic (exact) mass is 409 g/mol. The first kappa shape index (κ1) is 24.8. The van der Waals surface area contributed by atoms with E-state index in [0.29, 0.717) is 18.6 Å². The molecular weight excluding hydrogens is 370 g/mol. The van der Waals surface area contributed by atoms with Gasteiger partial charge in [-0.05, 0) is 69.1 Å². The summed E-state index contributed by atoms with van der Waals surface area (Å²) in [5.74, 6) is -0.287. The van der Waals surface area contributed by atoms with Gasteiger partial charge in [0.25, 0.3) is 0 Å². The van der Waals surface area contributed by atoms with E-state index >= 15 is 0 Å². The summed E-state index contributed by atoms with van der Waals surface area (Å²) in [5.41, 5.74) is 1.73. The molecule has 6 heteroatoms. The molecule has 2 N–H and O–H groups in total. The standard InChI is InChI=1S/C22H39NO4Si/c1-17(2)27-21(25)19-10-8-18(9-11-19)12-14-23-20(13-15-24)16-26-28(6,7)22(3,4)5/h8-11,17,20,23-24H,12-16H2,1-7H3/t20-/m1/s1. The van der Waals surface area contributed by atoms with Gasteiger partial charge in [-0.3, -0.25) is 0 Å². The van der Waals surface area contributed by atoms with Crippen LogP contribution in [0.1, 0.15) is 57.0 Å². The van der Waals surface area contributed by atoms with Crippen molar-refractivity contribution in [3.8, 4) is 0 Å². The second-order valence-corrected chi connectivity index (χ2v) is 13.9. The SMILES string of the molecule is CC(C)OC(=O)c1ccc(CCN[C@H](CCO)CO[Si](C)(C)C(C)(C)C)cc1. The van der Waals surface area contributed by atoms with E-state index < -0.39 is 8.32 Å². The Hall–Kier alpha value is -1.21. The molecular formula is C22H39NO4Si. The molecule has 160 valence electrons. The molecule has 0 saturated carbocycles. The number of carbonyl (C=O) groups is 1. The molecule has 5 nitrogen and oxygen atoms in total. The molecule has 1 aromatic carbocycles. The Morgan fingerprint density at radius 1 is 1.18 bits per heavy atom. The van der Waals surface area contributed by atoms with Gasteiger partial charge < -0.3 is 19.6 Å². The van der Waals surface area contributed by atoms with Crippen molar-refractivity contribution in [3.63, 3.8) is 0 Å². The molecule has 0 bridgehead atoms. The lowest BCUT2D eigenvalue weighted by Gasteiger charge is -2.37. The fourth-order valence-corrected chi connectivity index (χ4v) is 3.49. The normalized spacial score (nSPS) is 13.6. The van der Waals surface area contributed by atoms with Crippen molar-refractivity contribution in [3.05, 3.63) is 35.4 Å². The number of ether oxygens (including phenoxy) is 1. The van der Waals surface area contributed by atoms with Crippen molar-refractivity contribution in [1.82, 2.24) is 5.32 Å². The van der Waals surface area contributed by atoms with Crippen LogP contribution in [0.2, 0.25) is 18.1 Å². The van der Waals surface area contributed by atoms with Gasteiger partial charge >= 0.3 is 5.97 Å². The summed E-state index contributed by atoms with van der Waals surface area (Å²) < 4.78 is 11.5. The van der Waals surface area contributed by atoms with Crippen LogP contribution in [0.3, 0.4) is 0 Å². The summed E-state index contributed by atoms with van der Waals surface area (Å²) in [6.45, 7) is 16.4. The quantitative estimate of drug-likeness (QED) is 0.424. The molecule has 0 aliphatic carbocycles. The molecule has 0 unspecified atom stereocenters. The Balaban J connectivity index is 2.51. The van der Waals surface area contributed by atoms with E-state index in [1.54, 1.807) is 0 Å². The minimum atomic E-state index is -1.79. The summed E-state index contributed by atoms with van der Waals surface area (Å²) in [7, 11) is -1.79.